The number of ether oxygens (including phenoxy) is 2. The van der Waals surface area contributed by atoms with E-state index in [1.165, 1.54) is 13.2 Å². The Labute approximate surface area is 177 Å². The number of hydrogen-bond acceptors (Lipinski definition) is 5. The number of carbonyl (C=O) groups is 1. The smallest absolute Gasteiger partial charge is 0.336 e. The SMILES string of the molecule is COc1cc(/C=N/c2ccc(O)cc2)ccc1OC(=O)/C=C/c1ccc(Br)cc1. The lowest BCUT2D eigenvalue weighted by Gasteiger charge is -2.08. The number of carbonyl (C=O) groups excluding carboxylic acids is 1. The Morgan fingerprint density at radius 1 is 0.966 bits per heavy atom. The van der Waals surface area contributed by atoms with Crippen molar-refractivity contribution in [2.75, 3.05) is 7.11 Å². The average Bonchev–Trinajstić information content (AvgIpc) is 2.73. The van der Waals surface area contributed by atoms with Crippen molar-refractivity contribution in [3.63, 3.8) is 0 Å². The van der Waals surface area contributed by atoms with Gasteiger partial charge in [-0.25, -0.2) is 4.79 Å². The van der Waals surface area contributed by atoms with Crippen molar-refractivity contribution in [1.29, 1.82) is 0 Å². The van der Waals surface area contributed by atoms with Gasteiger partial charge in [0, 0.05) is 16.8 Å². The predicted octanol–water partition coefficient (Wildman–Crippen LogP) is 5.53. The molecule has 0 fully saturated rings. The molecule has 29 heavy (non-hydrogen) atoms. The second-order valence-electron chi connectivity index (χ2n) is 5.99. The van der Waals surface area contributed by atoms with Crippen LogP contribution in [0, 0.1) is 0 Å². The van der Waals surface area contributed by atoms with E-state index in [-0.39, 0.29) is 5.75 Å². The number of phenols is 1. The normalized spacial score (nSPS) is 11.1. The number of halogens is 1. The minimum atomic E-state index is -0.503. The minimum absolute atomic E-state index is 0.186. The number of hydrogen-bond donors (Lipinski definition) is 1. The molecule has 0 heterocycles. The average molecular weight is 452 g/mol. The van der Waals surface area contributed by atoms with Gasteiger partial charge in [-0.2, -0.15) is 0 Å². The van der Waals surface area contributed by atoms with Crippen molar-refractivity contribution in [2.24, 2.45) is 4.99 Å². The van der Waals surface area contributed by atoms with Crippen LogP contribution >= 0.6 is 15.9 Å². The lowest BCUT2D eigenvalue weighted by atomic mass is 10.2. The topological polar surface area (TPSA) is 68.1 Å². The molecule has 146 valence electrons. The summed E-state index contributed by atoms with van der Waals surface area (Å²) in [5, 5.41) is 9.31. The van der Waals surface area contributed by atoms with E-state index in [2.05, 4.69) is 20.9 Å². The molecule has 0 saturated carbocycles. The van der Waals surface area contributed by atoms with E-state index in [4.69, 9.17) is 9.47 Å². The van der Waals surface area contributed by atoms with Gasteiger partial charge in [0.05, 0.1) is 12.8 Å². The van der Waals surface area contributed by atoms with E-state index in [0.29, 0.717) is 17.2 Å². The van der Waals surface area contributed by atoms with E-state index < -0.39 is 5.97 Å². The molecule has 0 bridgehead atoms. The Balaban J connectivity index is 1.68. The molecule has 1 N–H and O–H groups in total. The number of phenolic OH excluding ortho intramolecular Hbond substituents is 1. The van der Waals surface area contributed by atoms with Gasteiger partial charge in [0.1, 0.15) is 5.75 Å². The maximum absolute atomic E-state index is 12.1. The maximum atomic E-state index is 12.1. The van der Waals surface area contributed by atoms with E-state index in [1.807, 2.05) is 24.3 Å². The molecule has 0 aliphatic carbocycles. The Hall–Kier alpha value is -3.38. The first-order valence-electron chi connectivity index (χ1n) is 8.70. The number of nitrogens with zero attached hydrogens (tertiary/aromatic N) is 1. The van der Waals surface area contributed by atoms with Gasteiger partial charge in [-0.3, -0.25) is 4.99 Å². The largest absolute Gasteiger partial charge is 0.508 e. The molecule has 0 amide bonds. The van der Waals surface area contributed by atoms with Crippen LogP contribution in [-0.2, 0) is 4.79 Å². The molecular formula is C23H18BrNO4. The van der Waals surface area contributed by atoms with Gasteiger partial charge in [0.25, 0.3) is 0 Å². The van der Waals surface area contributed by atoms with Crippen molar-refractivity contribution in [3.05, 3.63) is 88.4 Å². The molecule has 3 aromatic rings. The fourth-order valence-electron chi connectivity index (χ4n) is 2.42. The van der Waals surface area contributed by atoms with Gasteiger partial charge in [0.2, 0.25) is 0 Å². The molecule has 3 rings (SSSR count). The fourth-order valence-corrected chi connectivity index (χ4v) is 2.68. The molecule has 0 unspecified atom stereocenters. The summed E-state index contributed by atoms with van der Waals surface area (Å²) in [7, 11) is 1.51. The van der Waals surface area contributed by atoms with Crippen molar-refractivity contribution in [3.8, 4) is 17.2 Å². The molecule has 0 spiro atoms. The summed E-state index contributed by atoms with van der Waals surface area (Å²) < 4.78 is 11.7. The molecule has 0 saturated heterocycles. The molecule has 3 aromatic carbocycles. The van der Waals surface area contributed by atoms with Crippen LogP contribution in [0.2, 0.25) is 0 Å². The maximum Gasteiger partial charge on any atom is 0.336 e. The van der Waals surface area contributed by atoms with Gasteiger partial charge in [0.15, 0.2) is 11.5 Å². The van der Waals surface area contributed by atoms with Gasteiger partial charge < -0.3 is 14.6 Å². The third kappa shape index (κ3) is 6.05. The van der Waals surface area contributed by atoms with Crippen LogP contribution in [0.15, 0.2) is 82.3 Å². The van der Waals surface area contributed by atoms with Crippen LogP contribution < -0.4 is 9.47 Å². The Bertz CT molecular complexity index is 1040. The lowest BCUT2D eigenvalue weighted by molar-refractivity contribution is -0.129. The van der Waals surface area contributed by atoms with E-state index in [0.717, 1.165) is 15.6 Å². The highest BCUT2D eigenvalue weighted by Gasteiger charge is 2.08. The monoisotopic (exact) mass is 451 g/mol. The second kappa shape index (κ2) is 9.71. The summed E-state index contributed by atoms with van der Waals surface area (Å²) in [4.78, 5) is 16.5. The number of aliphatic imine (C=N–C) groups is 1. The van der Waals surface area contributed by atoms with Crippen LogP contribution in [0.25, 0.3) is 6.08 Å². The summed E-state index contributed by atoms with van der Waals surface area (Å²) in [5.74, 6) is 0.424. The molecule has 0 aromatic heterocycles. The third-order valence-corrected chi connectivity index (χ3v) is 4.42. The van der Waals surface area contributed by atoms with Crippen LogP contribution in [0.4, 0.5) is 5.69 Å². The highest BCUT2D eigenvalue weighted by atomic mass is 79.9. The molecule has 6 heteroatoms. The lowest BCUT2D eigenvalue weighted by Crippen LogP contribution is -2.05. The first-order valence-corrected chi connectivity index (χ1v) is 9.49. The first-order chi connectivity index (χ1) is 14.0. The van der Waals surface area contributed by atoms with Crippen molar-refractivity contribution < 1.29 is 19.4 Å². The standard InChI is InChI=1S/C23H18BrNO4/c1-28-22-14-17(15-25-19-8-10-20(26)11-9-19)4-12-21(22)29-23(27)13-5-16-2-6-18(24)7-3-16/h2-15,26H,1H3/b13-5+,25-15+. The fraction of sp³-hybridized carbons (Fsp3) is 0.0435. The van der Waals surface area contributed by atoms with Gasteiger partial charge in [-0.15, -0.1) is 0 Å². The van der Waals surface area contributed by atoms with E-state index in [9.17, 15) is 9.90 Å². The van der Waals surface area contributed by atoms with Gasteiger partial charge in [-0.1, -0.05) is 28.1 Å². The zero-order valence-electron chi connectivity index (χ0n) is 15.6. The Morgan fingerprint density at radius 3 is 2.34 bits per heavy atom. The predicted molar refractivity (Wildman–Crippen MR) is 117 cm³/mol. The quantitative estimate of drug-likeness (QED) is 0.231. The molecule has 0 aliphatic rings. The van der Waals surface area contributed by atoms with Crippen LogP contribution in [0.1, 0.15) is 11.1 Å². The zero-order valence-corrected chi connectivity index (χ0v) is 17.2. The highest BCUT2D eigenvalue weighted by molar-refractivity contribution is 9.10. The summed E-state index contributed by atoms with van der Waals surface area (Å²) >= 11 is 3.37. The first kappa shape index (κ1) is 20.4. The van der Waals surface area contributed by atoms with Gasteiger partial charge in [-0.05, 0) is 71.8 Å². The summed E-state index contributed by atoms with van der Waals surface area (Å²) in [6.07, 6.45) is 4.71. The Kier molecular flexibility index (Phi) is 6.81. The Morgan fingerprint density at radius 2 is 1.66 bits per heavy atom. The second-order valence-corrected chi connectivity index (χ2v) is 6.91. The minimum Gasteiger partial charge on any atom is -0.508 e. The van der Waals surface area contributed by atoms with Crippen LogP contribution in [0.3, 0.4) is 0 Å². The molecule has 0 radical (unpaired) electrons. The summed E-state index contributed by atoms with van der Waals surface area (Å²) in [6.45, 7) is 0. The van der Waals surface area contributed by atoms with Crippen molar-refractivity contribution in [1.82, 2.24) is 0 Å². The number of benzene rings is 3. The van der Waals surface area contributed by atoms with Crippen molar-refractivity contribution >= 4 is 39.9 Å². The number of aromatic hydroxyl groups is 1. The zero-order chi connectivity index (χ0) is 20.6. The molecule has 0 aliphatic heterocycles. The number of methoxy groups -OCH3 is 1. The summed E-state index contributed by atoms with van der Waals surface area (Å²) in [6, 6.07) is 19.3. The number of esters is 1. The van der Waals surface area contributed by atoms with Crippen LogP contribution in [-0.4, -0.2) is 24.4 Å². The van der Waals surface area contributed by atoms with E-state index >= 15 is 0 Å². The molecular weight excluding hydrogens is 434 g/mol. The molecule has 0 atom stereocenters. The van der Waals surface area contributed by atoms with Gasteiger partial charge >= 0.3 is 5.97 Å². The van der Waals surface area contributed by atoms with Crippen molar-refractivity contribution in [2.45, 2.75) is 0 Å². The number of rotatable bonds is 6. The molecule has 5 nitrogen and oxygen atoms in total. The van der Waals surface area contributed by atoms with E-state index in [1.54, 1.807) is 54.8 Å². The summed E-state index contributed by atoms with van der Waals surface area (Å²) in [5.41, 5.74) is 2.37. The third-order valence-electron chi connectivity index (χ3n) is 3.89. The highest BCUT2D eigenvalue weighted by Crippen LogP contribution is 2.28. The van der Waals surface area contributed by atoms with Crippen LogP contribution in [0.5, 0.6) is 17.2 Å².